The van der Waals surface area contributed by atoms with Crippen molar-refractivity contribution in [3.8, 4) is 11.5 Å². The Labute approximate surface area is 95.1 Å². The van der Waals surface area contributed by atoms with Gasteiger partial charge < -0.3 is 15.2 Å². The van der Waals surface area contributed by atoms with Crippen molar-refractivity contribution >= 4 is 5.91 Å². The highest BCUT2D eigenvalue weighted by molar-refractivity contribution is 5.77. The van der Waals surface area contributed by atoms with Crippen LogP contribution in [0.4, 0.5) is 13.2 Å². The Morgan fingerprint density at radius 1 is 1.41 bits per heavy atom. The Balaban J connectivity index is 3.00. The molecule has 0 unspecified atom stereocenters. The number of nitrogens with two attached hydrogens (primary N) is 1. The molecule has 0 aromatic heterocycles. The summed E-state index contributed by atoms with van der Waals surface area (Å²) in [5.41, 5.74) is 5.21. The molecule has 94 valence electrons. The quantitative estimate of drug-likeness (QED) is 0.882. The lowest BCUT2D eigenvalue weighted by molar-refractivity contribution is -0.274. The molecule has 0 saturated heterocycles. The summed E-state index contributed by atoms with van der Waals surface area (Å²) in [6.07, 6.45) is -5.00. The fourth-order valence-corrected chi connectivity index (χ4v) is 1.28. The van der Waals surface area contributed by atoms with Gasteiger partial charge in [0.15, 0.2) is 0 Å². The predicted molar refractivity (Wildman–Crippen MR) is 52.6 cm³/mol. The van der Waals surface area contributed by atoms with Crippen molar-refractivity contribution in [2.75, 3.05) is 7.11 Å². The molecule has 0 heterocycles. The third kappa shape index (κ3) is 4.21. The van der Waals surface area contributed by atoms with Crippen LogP contribution >= 0.6 is 0 Å². The van der Waals surface area contributed by atoms with Crippen LogP contribution in [0.2, 0.25) is 0 Å². The maximum Gasteiger partial charge on any atom is 0.573 e. The fraction of sp³-hybridized carbons (Fsp3) is 0.300. The van der Waals surface area contributed by atoms with Gasteiger partial charge in [-0.2, -0.15) is 0 Å². The van der Waals surface area contributed by atoms with Gasteiger partial charge in [-0.3, -0.25) is 4.79 Å². The van der Waals surface area contributed by atoms with Crippen LogP contribution in [0.1, 0.15) is 5.56 Å². The molecule has 7 heteroatoms. The van der Waals surface area contributed by atoms with Crippen LogP contribution in [0.5, 0.6) is 11.5 Å². The highest BCUT2D eigenvalue weighted by Gasteiger charge is 2.31. The number of carbonyl (C=O) groups excluding carboxylic acids is 1. The van der Waals surface area contributed by atoms with Crippen LogP contribution in [0, 0.1) is 0 Å². The summed E-state index contributed by atoms with van der Waals surface area (Å²) in [5.74, 6) is -0.819. The number of halogens is 3. The minimum Gasteiger partial charge on any atom is -0.496 e. The number of hydrogen-bond donors (Lipinski definition) is 1. The van der Waals surface area contributed by atoms with E-state index in [0.717, 1.165) is 12.1 Å². The van der Waals surface area contributed by atoms with E-state index in [-0.39, 0.29) is 17.7 Å². The Morgan fingerprint density at radius 3 is 2.53 bits per heavy atom. The average Bonchev–Trinajstić information content (AvgIpc) is 2.14. The van der Waals surface area contributed by atoms with E-state index in [0.29, 0.717) is 0 Å². The third-order valence-corrected chi connectivity index (χ3v) is 1.85. The van der Waals surface area contributed by atoms with E-state index in [1.165, 1.54) is 13.2 Å². The topological polar surface area (TPSA) is 61.6 Å². The van der Waals surface area contributed by atoms with E-state index in [1.807, 2.05) is 0 Å². The molecule has 0 aliphatic rings. The zero-order chi connectivity index (χ0) is 13.1. The first-order valence-electron chi connectivity index (χ1n) is 4.53. The molecule has 0 atom stereocenters. The molecule has 17 heavy (non-hydrogen) atoms. The van der Waals surface area contributed by atoms with Crippen LogP contribution in [0.15, 0.2) is 18.2 Å². The minimum atomic E-state index is -4.78. The van der Waals surface area contributed by atoms with Crippen molar-refractivity contribution < 1.29 is 27.4 Å². The molecular weight excluding hydrogens is 239 g/mol. The first-order chi connectivity index (χ1) is 7.81. The second-order valence-corrected chi connectivity index (χ2v) is 3.16. The number of benzene rings is 1. The summed E-state index contributed by atoms with van der Waals surface area (Å²) in [5, 5.41) is 0. The molecule has 0 aliphatic heterocycles. The van der Waals surface area contributed by atoms with E-state index in [4.69, 9.17) is 10.5 Å². The lowest BCUT2D eigenvalue weighted by atomic mass is 10.1. The van der Waals surface area contributed by atoms with Crippen LogP contribution in [0.3, 0.4) is 0 Å². The van der Waals surface area contributed by atoms with Gasteiger partial charge in [0.05, 0.1) is 13.5 Å². The molecule has 1 aromatic carbocycles. The number of primary amides is 1. The van der Waals surface area contributed by atoms with Gasteiger partial charge in [-0.05, 0) is 18.2 Å². The Morgan fingerprint density at radius 2 is 2.06 bits per heavy atom. The minimum absolute atomic E-state index is 0.224. The van der Waals surface area contributed by atoms with Gasteiger partial charge in [-0.15, -0.1) is 13.2 Å². The van der Waals surface area contributed by atoms with Gasteiger partial charge in [0.2, 0.25) is 5.91 Å². The SMILES string of the molecule is COc1ccc(OC(F)(F)F)cc1CC(N)=O. The molecule has 0 saturated carbocycles. The number of hydrogen-bond acceptors (Lipinski definition) is 3. The van der Waals surface area contributed by atoms with Crippen LogP contribution in [-0.2, 0) is 11.2 Å². The second kappa shape index (κ2) is 4.94. The summed E-state index contributed by atoms with van der Waals surface area (Å²) >= 11 is 0. The Bertz CT molecular complexity index is 418. The second-order valence-electron chi connectivity index (χ2n) is 3.16. The van der Waals surface area contributed by atoms with Gasteiger partial charge in [-0.25, -0.2) is 0 Å². The van der Waals surface area contributed by atoms with Crippen molar-refractivity contribution in [3.05, 3.63) is 23.8 Å². The number of rotatable bonds is 4. The van der Waals surface area contributed by atoms with E-state index >= 15 is 0 Å². The zero-order valence-electron chi connectivity index (χ0n) is 8.88. The van der Waals surface area contributed by atoms with Crippen molar-refractivity contribution in [1.82, 2.24) is 0 Å². The number of alkyl halides is 3. The summed E-state index contributed by atoms with van der Waals surface area (Å²) in [6.45, 7) is 0. The molecule has 4 nitrogen and oxygen atoms in total. The molecule has 1 rings (SSSR count). The zero-order valence-corrected chi connectivity index (χ0v) is 8.88. The number of carbonyl (C=O) groups is 1. The first kappa shape index (κ1) is 13.1. The van der Waals surface area contributed by atoms with Gasteiger partial charge in [0, 0.05) is 5.56 Å². The van der Waals surface area contributed by atoms with Crippen molar-refractivity contribution in [2.24, 2.45) is 5.73 Å². The number of methoxy groups -OCH3 is 1. The van der Waals surface area contributed by atoms with E-state index in [1.54, 1.807) is 0 Å². The maximum absolute atomic E-state index is 12.0. The van der Waals surface area contributed by atoms with E-state index in [2.05, 4.69) is 4.74 Å². The Hall–Kier alpha value is -1.92. The van der Waals surface area contributed by atoms with Crippen molar-refractivity contribution in [1.29, 1.82) is 0 Å². The lowest BCUT2D eigenvalue weighted by Gasteiger charge is -2.12. The largest absolute Gasteiger partial charge is 0.573 e. The molecule has 1 amide bonds. The van der Waals surface area contributed by atoms with Crippen LogP contribution in [-0.4, -0.2) is 19.4 Å². The highest BCUT2D eigenvalue weighted by Crippen LogP contribution is 2.28. The standard InChI is InChI=1S/C10H10F3NO3/c1-16-8-3-2-7(17-10(11,12)13)4-6(8)5-9(14)15/h2-4H,5H2,1H3,(H2,14,15). The summed E-state index contributed by atoms with van der Waals surface area (Å²) in [4.78, 5) is 10.7. The number of ether oxygens (including phenoxy) is 2. The van der Waals surface area contributed by atoms with E-state index < -0.39 is 18.0 Å². The summed E-state index contributed by atoms with van der Waals surface area (Å²) in [6, 6.07) is 3.44. The van der Waals surface area contributed by atoms with Gasteiger partial charge in [0.25, 0.3) is 0 Å². The highest BCUT2D eigenvalue weighted by atomic mass is 19.4. The fourth-order valence-electron chi connectivity index (χ4n) is 1.28. The lowest BCUT2D eigenvalue weighted by Crippen LogP contribution is -2.18. The van der Waals surface area contributed by atoms with Crippen LogP contribution < -0.4 is 15.2 Å². The number of amides is 1. The molecule has 0 bridgehead atoms. The van der Waals surface area contributed by atoms with Crippen LogP contribution in [0.25, 0.3) is 0 Å². The molecule has 0 radical (unpaired) electrons. The van der Waals surface area contributed by atoms with Gasteiger partial charge in [0.1, 0.15) is 11.5 Å². The van der Waals surface area contributed by atoms with Crippen molar-refractivity contribution in [2.45, 2.75) is 12.8 Å². The molecule has 1 aromatic rings. The van der Waals surface area contributed by atoms with E-state index in [9.17, 15) is 18.0 Å². The summed E-state index contributed by atoms with van der Waals surface area (Å²) < 4.78 is 44.5. The van der Waals surface area contributed by atoms with Gasteiger partial charge >= 0.3 is 6.36 Å². The molecule has 0 spiro atoms. The predicted octanol–water partition coefficient (Wildman–Crippen LogP) is 1.62. The smallest absolute Gasteiger partial charge is 0.496 e. The maximum atomic E-state index is 12.0. The molecule has 0 aliphatic carbocycles. The molecule has 2 N–H and O–H groups in total. The Kier molecular flexibility index (Phi) is 3.82. The normalized spacial score (nSPS) is 11.1. The van der Waals surface area contributed by atoms with Gasteiger partial charge in [-0.1, -0.05) is 0 Å². The third-order valence-electron chi connectivity index (χ3n) is 1.85. The average molecular weight is 249 g/mol. The molecular formula is C10H10F3NO3. The van der Waals surface area contributed by atoms with Crippen molar-refractivity contribution in [3.63, 3.8) is 0 Å². The monoisotopic (exact) mass is 249 g/mol. The first-order valence-corrected chi connectivity index (χ1v) is 4.53. The summed E-state index contributed by atoms with van der Waals surface area (Å²) in [7, 11) is 1.34. The molecule has 0 fully saturated rings.